The fourth-order valence-electron chi connectivity index (χ4n) is 1.54. The van der Waals surface area contributed by atoms with Crippen molar-refractivity contribution in [1.29, 1.82) is 0 Å². The third kappa shape index (κ3) is 2.25. The molecule has 6 heteroatoms. The summed E-state index contributed by atoms with van der Waals surface area (Å²) in [6.07, 6.45) is 4.88. The molecule has 3 N–H and O–H groups in total. The number of aromatic nitrogens is 3. The Kier molecular flexibility index (Phi) is 3.04. The summed E-state index contributed by atoms with van der Waals surface area (Å²) in [5.74, 6) is 0.331. The number of imidazole rings is 1. The molecule has 0 spiro atoms. The molecule has 1 amide bonds. The van der Waals surface area contributed by atoms with Gasteiger partial charge >= 0.3 is 0 Å². The largest absolute Gasteiger partial charge is 0.383 e. The van der Waals surface area contributed by atoms with E-state index >= 15 is 0 Å². The Balaban J connectivity index is 2.37. The lowest BCUT2D eigenvalue weighted by Gasteiger charge is -2.08. The second kappa shape index (κ2) is 4.65. The lowest BCUT2D eigenvalue weighted by atomic mass is 10.2. The summed E-state index contributed by atoms with van der Waals surface area (Å²) in [7, 11) is 1.59. The Morgan fingerprint density at radius 3 is 3.12 bits per heavy atom. The summed E-state index contributed by atoms with van der Waals surface area (Å²) >= 11 is 0. The molecular weight excluding hydrogens is 218 g/mol. The van der Waals surface area contributed by atoms with E-state index in [-0.39, 0.29) is 12.5 Å². The maximum atomic E-state index is 11.3. The molecule has 0 aliphatic heterocycles. The lowest BCUT2D eigenvalue weighted by Crippen LogP contribution is -2.23. The van der Waals surface area contributed by atoms with E-state index in [2.05, 4.69) is 15.3 Å². The van der Waals surface area contributed by atoms with Gasteiger partial charge in [-0.05, 0) is 12.1 Å². The molecule has 2 rings (SSSR count). The summed E-state index contributed by atoms with van der Waals surface area (Å²) in [5.41, 5.74) is 7.34. The van der Waals surface area contributed by atoms with Gasteiger partial charge in [-0.1, -0.05) is 0 Å². The van der Waals surface area contributed by atoms with E-state index < -0.39 is 0 Å². The van der Waals surface area contributed by atoms with E-state index in [1.165, 1.54) is 0 Å². The second-order valence-corrected chi connectivity index (χ2v) is 3.52. The number of carbonyl (C=O) groups is 1. The molecule has 0 aliphatic rings. The zero-order chi connectivity index (χ0) is 12.3. The van der Waals surface area contributed by atoms with Crippen molar-refractivity contribution < 1.29 is 4.79 Å². The number of nitrogen functional groups attached to an aromatic ring is 1. The van der Waals surface area contributed by atoms with Crippen molar-refractivity contribution in [1.82, 2.24) is 19.9 Å². The van der Waals surface area contributed by atoms with E-state index in [1.54, 1.807) is 36.4 Å². The molecule has 2 aromatic rings. The lowest BCUT2D eigenvalue weighted by molar-refractivity contribution is -0.121. The normalized spacial score (nSPS) is 10.2. The zero-order valence-electron chi connectivity index (χ0n) is 9.42. The molecular formula is C11H13N5O. The SMILES string of the molecule is CNC(=O)Cn1cncc1-c1cccnc1N. The number of hydrogen-bond donors (Lipinski definition) is 2. The second-order valence-electron chi connectivity index (χ2n) is 3.52. The van der Waals surface area contributed by atoms with Crippen molar-refractivity contribution in [3.8, 4) is 11.3 Å². The monoisotopic (exact) mass is 231 g/mol. The van der Waals surface area contributed by atoms with E-state index in [9.17, 15) is 4.79 Å². The Hall–Kier alpha value is -2.37. The highest BCUT2D eigenvalue weighted by molar-refractivity contribution is 5.77. The summed E-state index contributed by atoms with van der Waals surface area (Å²) in [4.78, 5) is 19.4. The molecule has 6 nitrogen and oxygen atoms in total. The third-order valence-electron chi connectivity index (χ3n) is 2.42. The first-order chi connectivity index (χ1) is 8.22. The average molecular weight is 231 g/mol. The van der Waals surface area contributed by atoms with E-state index in [0.29, 0.717) is 5.82 Å². The summed E-state index contributed by atoms with van der Waals surface area (Å²) in [5, 5.41) is 2.56. The molecule has 0 aliphatic carbocycles. The minimum Gasteiger partial charge on any atom is -0.383 e. The topological polar surface area (TPSA) is 85.8 Å². The van der Waals surface area contributed by atoms with Crippen molar-refractivity contribution >= 4 is 11.7 Å². The Bertz CT molecular complexity index is 534. The van der Waals surface area contributed by atoms with Crippen LogP contribution >= 0.6 is 0 Å². The highest BCUT2D eigenvalue weighted by Crippen LogP contribution is 2.23. The number of anilines is 1. The highest BCUT2D eigenvalue weighted by atomic mass is 16.1. The number of nitrogens with one attached hydrogen (secondary N) is 1. The quantitative estimate of drug-likeness (QED) is 0.794. The standard InChI is InChI=1S/C11H13N5O/c1-13-10(17)6-16-7-14-5-9(16)8-3-2-4-15-11(8)12/h2-5,7H,6H2,1H3,(H2,12,15)(H,13,17). The van der Waals surface area contributed by atoms with E-state index in [1.807, 2.05) is 6.07 Å². The molecule has 0 atom stereocenters. The van der Waals surface area contributed by atoms with Crippen LogP contribution in [0.2, 0.25) is 0 Å². The van der Waals surface area contributed by atoms with Crippen LogP contribution in [0.15, 0.2) is 30.9 Å². The van der Waals surface area contributed by atoms with Crippen LogP contribution < -0.4 is 11.1 Å². The molecule has 0 saturated carbocycles. The predicted molar refractivity (Wildman–Crippen MR) is 63.9 cm³/mol. The van der Waals surface area contributed by atoms with Crippen LogP contribution in [0.1, 0.15) is 0 Å². The predicted octanol–water partition coefficient (Wildman–Crippen LogP) is 0.273. The molecule has 88 valence electrons. The number of likely N-dealkylation sites (N-methyl/N-ethyl adjacent to an activating group) is 1. The van der Waals surface area contributed by atoms with Crippen LogP contribution in [-0.2, 0) is 11.3 Å². The number of rotatable bonds is 3. The van der Waals surface area contributed by atoms with Gasteiger partial charge in [0.05, 0.1) is 18.2 Å². The van der Waals surface area contributed by atoms with Crippen LogP contribution in [0.25, 0.3) is 11.3 Å². The number of carbonyl (C=O) groups excluding carboxylic acids is 1. The minimum atomic E-state index is -0.0910. The average Bonchev–Trinajstić information content (AvgIpc) is 2.77. The summed E-state index contributed by atoms with van der Waals surface area (Å²) < 4.78 is 1.73. The van der Waals surface area contributed by atoms with Crippen molar-refractivity contribution in [3.05, 3.63) is 30.9 Å². The van der Waals surface area contributed by atoms with Crippen molar-refractivity contribution in [3.63, 3.8) is 0 Å². The molecule has 0 bridgehead atoms. The van der Waals surface area contributed by atoms with Crippen molar-refractivity contribution in [2.24, 2.45) is 0 Å². The number of amides is 1. The van der Waals surface area contributed by atoms with Gasteiger partial charge in [0.15, 0.2) is 0 Å². The van der Waals surface area contributed by atoms with Gasteiger partial charge in [-0.3, -0.25) is 4.79 Å². The molecule has 0 fully saturated rings. The van der Waals surface area contributed by atoms with Gasteiger partial charge in [0.25, 0.3) is 0 Å². The molecule has 0 saturated heterocycles. The fourth-order valence-corrected chi connectivity index (χ4v) is 1.54. The number of hydrogen-bond acceptors (Lipinski definition) is 4. The van der Waals surface area contributed by atoms with E-state index in [0.717, 1.165) is 11.3 Å². The molecule has 2 aromatic heterocycles. The number of nitrogens with two attached hydrogens (primary N) is 1. The Labute approximate surface area is 98.5 Å². The molecule has 17 heavy (non-hydrogen) atoms. The number of nitrogens with zero attached hydrogens (tertiary/aromatic N) is 3. The number of pyridine rings is 1. The summed E-state index contributed by atoms with van der Waals surface area (Å²) in [6.45, 7) is 0.208. The van der Waals surface area contributed by atoms with Crippen molar-refractivity contribution in [2.45, 2.75) is 6.54 Å². The maximum Gasteiger partial charge on any atom is 0.239 e. The van der Waals surface area contributed by atoms with Gasteiger partial charge in [-0.25, -0.2) is 9.97 Å². The molecule has 0 aromatic carbocycles. The fraction of sp³-hybridized carbons (Fsp3) is 0.182. The van der Waals surface area contributed by atoms with Crippen LogP contribution in [-0.4, -0.2) is 27.5 Å². The highest BCUT2D eigenvalue weighted by Gasteiger charge is 2.10. The third-order valence-corrected chi connectivity index (χ3v) is 2.42. The minimum absolute atomic E-state index is 0.0910. The first-order valence-electron chi connectivity index (χ1n) is 5.14. The van der Waals surface area contributed by atoms with Crippen LogP contribution in [0.4, 0.5) is 5.82 Å². The van der Waals surface area contributed by atoms with Crippen LogP contribution in [0, 0.1) is 0 Å². The van der Waals surface area contributed by atoms with Gasteiger partial charge in [0, 0.05) is 18.8 Å². The van der Waals surface area contributed by atoms with Gasteiger partial charge < -0.3 is 15.6 Å². The summed E-state index contributed by atoms with van der Waals surface area (Å²) in [6, 6.07) is 3.64. The Morgan fingerprint density at radius 1 is 1.59 bits per heavy atom. The molecule has 2 heterocycles. The van der Waals surface area contributed by atoms with Gasteiger partial charge in [0.2, 0.25) is 5.91 Å². The molecule has 0 radical (unpaired) electrons. The smallest absolute Gasteiger partial charge is 0.239 e. The van der Waals surface area contributed by atoms with Crippen molar-refractivity contribution in [2.75, 3.05) is 12.8 Å². The first kappa shape index (κ1) is 11.1. The Morgan fingerprint density at radius 2 is 2.41 bits per heavy atom. The first-order valence-corrected chi connectivity index (χ1v) is 5.14. The van der Waals surface area contributed by atoms with Gasteiger partial charge in [0.1, 0.15) is 12.4 Å². The van der Waals surface area contributed by atoms with Gasteiger partial charge in [-0.15, -0.1) is 0 Å². The maximum absolute atomic E-state index is 11.3. The van der Waals surface area contributed by atoms with Crippen LogP contribution in [0.3, 0.4) is 0 Å². The van der Waals surface area contributed by atoms with Gasteiger partial charge in [-0.2, -0.15) is 0 Å². The van der Waals surface area contributed by atoms with Crippen LogP contribution in [0.5, 0.6) is 0 Å². The van der Waals surface area contributed by atoms with E-state index in [4.69, 9.17) is 5.73 Å². The molecule has 0 unspecified atom stereocenters. The zero-order valence-corrected chi connectivity index (χ0v) is 9.42.